The Balaban J connectivity index is 1.61. The molecule has 7 heteroatoms. The number of piperidine rings is 1. The molecule has 1 aliphatic carbocycles. The van der Waals surface area contributed by atoms with Crippen molar-refractivity contribution in [3.05, 3.63) is 36.0 Å². The molecular weight excluding hydrogens is 388 g/mol. The van der Waals surface area contributed by atoms with Gasteiger partial charge in [-0.25, -0.2) is 13.6 Å². The van der Waals surface area contributed by atoms with E-state index in [4.69, 9.17) is 4.74 Å². The van der Waals surface area contributed by atoms with Crippen molar-refractivity contribution in [2.45, 2.75) is 58.1 Å². The molecule has 162 valence electrons. The van der Waals surface area contributed by atoms with Crippen LogP contribution in [-0.2, 0) is 4.74 Å². The van der Waals surface area contributed by atoms with Gasteiger partial charge in [-0.05, 0) is 76.1 Å². The highest BCUT2D eigenvalue weighted by molar-refractivity contribution is 5.94. The first kappa shape index (κ1) is 20.8. The zero-order valence-electron chi connectivity index (χ0n) is 17.7. The average Bonchev–Trinajstić information content (AvgIpc) is 3.50. The molecule has 30 heavy (non-hydrogen) atoms. The molecule has 2 atom stereocenters. The molecule has 2 fully saturated rings. The largest absolute Gasteiger partial charge is 0.444 e. The molecule has 2 heterocycles. The summed E-state index contributed by atoms with van der Waals surface area (Å²) in [4.78, 5) is 18.8. The first-order valence-corrected chi connectivity index (χ1v) is 10.6. The zero-order valence-corrected chi connectivity index (χ0v) is 17.7. The van der Waals surface area contributed by atoms with Crippen molar-refractivity contribution in [3.8, 4) is 0 Å². The van der Waals surface area contributed by atoms with E-state index < -0.39 is 18.1 Å². The maximum Gasteiger partial charge on any atom is 0.407 e. The molecule has 1 aliphatic heterocycles. The summed E-state index contributed by atoms with van der Waals surface area (Å²) in [5.74, 6) is 1.13. The summed E-state index contributed by atoms with van der Waals surface area (Å²) in [5, 5.41) is 3.75. The summed E-state index contributed by atoms with van der Waals surface area (Å²) in [6, 6.07) is 6.82. The van der Waals surface area contributed by atoms with Crippen LogP contribution in [0.5, 0.6) is 0 Å². The molecule has 1 N–H and O–H groups in total. The third-order valence-electron chi connectivity index (χ3n) is 5.85. The van der Waals surface area contributed by atoms with E-state index in [-0.39, 0.29) is 11.6 Å². The van der Waals surface area contributed by atoms with Gasteiger partial charge < -0.3 is 15.0 Å². The number of nitrogens with zero attached hydrogens (tertiary/aromatic N) is 2. The smallest absolute Gasteiger partial charge is 0.407 e. The number of carbonyl (C=O) groups is 1. The van der Waals surface area contributed by atoms with Crippen LogP contribution in [0.25, 0.3) is 10.9 Å². The molecule has 0 radical (unpaired) electrons. The summed E-state index contributed by atoms with van der Waals surface area (Å²) in [6.07, 6.45) is 1.90. The molecule has 0 bridgehead atoms. The number of rotatable bonds is 4. The van der Waals surface area contributed by atoms with Crippen molar-refractivity contribution in [2.75, 3.05) is 18.0 Å². The number of benzene rings is 1. The fourth-order valence-electron chi connectivity index (χ4n) is 4.45. The number of hydrogen-bond acceptors (Lipinski definition) is 4. The number of alkyl halides is 2. The number of amides is 1. The van der Waals surface area contributed by atoms with E-state index in [1.165, 1.54) is 18.9 Å². The summed E-state index contributed by atoms with van der Waals surface area (Å²) in [6.45, 7) is 7.00. The van der Waals surface area contributed by atoms with Crippen molar-refractivity contribution in [2.24, 2.45) is 11.8 Å². The van der Waals surface area contributed by atoms with Gasteiger partial charge in [0.1, 0.15) is 5.60 Å². The second-order valence-electron chi connectivity index (χ2n) is 9.46. The lowest BCUT2D eigenvalue weighted by molar-refractivity contribution is 0.0492. The standard InChI is InChI=1S/C23H29F2N3O2/c1-23(2,3)30-22(29)27-16-11-15(14-6-7-14)12-28(13-16)19-9-8-18(21(24)25)20-17(19)5-4-10-26-20/h4-5,8-10,14-16,21H,6-7,11-13H2,1-3H3,(H,27,29)/t15-,16+/m1/s1. The van der Waals surface area contributed by atoms with Gasteiger partial charge in [-0.1, -0.05) is 0 Å². The van der Waals surface area contributed by atoms with Crippen molar-refractivity contribution in [1.82, 2.24) is 10.3 Å². The number of nitrogens with one attached hydrogen (secondary N) is 1. The van der Waals surface area contributed by atoms with Gasteiger partial charge in [0, 0.05) is 35.9 Å². The molecule has 1 saturated carbocycles. The summed E-state index contributed by atoms with van der Waals surface area (Å²) in [7, 11) is 0. The number of carbonyl (C=O) groups excluding carboxylic acids is 1. The van der Waals surface area contributed by atoms with E-state index >= 15 is 0 Å². The van der Waals surface area contributed by atoms with E-state index in [2.05, 4.69) is 15.2 Å². The predicted molar refractivity (Wildman–Crippen MR) is 113 cm³/mol. The fraction of sp³-hybridized carbons (Fsp3) is 0.565. The van der Waals surface area contributed by atoms with Crippen LogP contribution in [0, 0.1) is 11.8 Å². The molecular formula is C23H29F2N3O2. The van der Waals surface area contributed by atoms with E-state index in [0.717, 1.165) is 24.0 Å². The number of fused-ring (bicyclic) bond motifs is 1. The molecule has 4 rings (SSSR count). The van der Waals surface area contributed by atoms with Crippen LogP contribution < -0.4 is 10.2 Å². The van der Waals surface area contributed by atoms with Crippen LogP contribution in [0.3, 0.4) is 0 Å². The molecule has 1 saturated heterocycles. The Kier molecular flexibility index (Phi) is 5.55. The Morgan fingerprint density at radius 3 is 2.63 bits per heavy atom. The third kappa shape index (κ3) is 4.65. The topological polar surface area (TPSA) is 54.5 Å². The van der Waals surface area contributed by atoms with Crippen LogP contribution in [0.15, 0.2) is 30.5 Å². The molecule has 1 amide bonds. The van der Waals surface area contributed by atoms with Gasteiger partial charge >= 0.3 is 6.09 Å². The Bertz CT molecular complexity index is 924. The maximum absolute atomic E-state index is 13.5. The number of alkyl carbamates (subject to hydrolysis) is 1. The third-order valence-corrected chi connectivity index (χ3v) is 5.85. The van der Waals surface area contributed by atoms with Crippen LogP contribution in [-0.4, -0.2) is 35.8 Å². The molecule has 1 aromatic heterocycles. The molecule has 2 aromatic rings. The second-order valence-corrected chi connectivity index (χ2v) is 9.46. The van der Waals surface area contributed by atoms with Crippen molar-refractivity contribution >= 4 is 22.7 Å². The monoisotopic (exact) mass is 417 g/mol. The van der Waals surface area contributed by atoms with E-state index in [9.17, 15) is 13.6 Å². The van der Waals surface area contributed by atoms with Gasteiger partial charge in [-0.2, -0.15) is 0 Å². The minimum absolute atomic E-state index is 0.0477. The minimum atomic E-state index is -2.57. The molecule has 0 spiro atoms. The zero-order chi connectivity index (χ0) is 21.5. The Hall–Kier alpha value is -2.44. The number of aromatic nitrogens is 1. The highest BCUT2D eigenvalue weighted by Crippen LogP contribution is 2.43. The van der Waals surface area contributed by atoms with Crippen LogP contribution in [0.1, 0.15) is 52.0 Å². The SMILES string of the molecule is CC(C)(C)OC(=O)N[C@H]1C[C@@H](C2CC2)CN(c2ccc(C(F)F)c3ncccc23)C1. The molecule has 0 unspecified atom stereocenters. The van der Waals surface area contributed by atoms with Crippen LogP contribution >= 0.6 is 0 Å². The molecule has 5 nitrogen and oxygen atoms in total. The summed E-state index contributed by atoms with van der Waals surface area (Å²) >= 11 is 0. The van der Waals surface area contributed by atoms with Gasteiger partial charge in [-0.15, -0.1) is 0 Å². The number of pyridine rings is 1. The van der Waals surface area contributed by atoms with Crippen molar-refractivity contribution in [3.63, 3.8) is 0 Å². The summed E-state index contributed by atoms with van der Waals surface area (Å²) in [5.41, 5.74) is 0.633. The fourth-order valence-corrected chi connectivity index (χ4v) is 4.45. The van der Waals surface area contributed by atoms with Gasteiger partial charge in [0.05, 0.1) is 11.6 Å². The Labute approximate surface area is 175 Å². The van der Waals surface area contributed by atoms with Gasteiger partial charge in [0.2, 0.25) is 0 Å². The van der Waals surface area contributed by atoms with Gasteiger partial charge in [0.25, 0.3) is 6.43 Å². The second kappa shape index (κ2) is 8.00. The normalized spacial score (nSPS) is 22.4. The predicted octanol–water partition coefficient (Wildman–Crippen LogP) is 5.30. The first-order valence-electron chi connectivity index (χ1n) is 10.6. The average molecular weight is 418 g/mol. The van der Waals surface area contributed by atoms with Gasteiger partial charge in [-0.3, -0.25) is 4.98 Å². The number of anilines is 1. The highest BCUT2D eigenvalue weighted by Gasteiger charge is 2.38. The van der Waals surface area contributed by atoms with Gasteiger partial charge in [0.15, 0.2) is 0 Å². The lowest BCUT2D eigenvalue weighted by Gasteiger charge is -2.40. The van der Waals surface area contributed by atoms with E-state index in [1.807, 2.05) is 26.8 Å². The Morgan fingerprint density at radius 2 is 1.97 bits per heavy atom. The summed E-state index contributed by atoms with van der Waals surface area (Å²) < 4.78 is 32.4. The van der Waals surface area contributed by atoms with E-state index in [0.29, 0.717) is 23.9 Å². The number of hydrogen-bond donors (Lipinski definition) is 1. The number of halogens is 2. The van der Waals surface area contributed by atoms with Crippen LogP contribution in [0.2, 0.25) is 0 Å². The van der Waals surface area contributed by atoms with Crippen molar-refractivity contribution in [1.29, 1.82) is 0 Å². The quantitative estimate of drug-likeness (QED) is 0.733. The number of ether oxygens (including phenoxy) is 1. The van der Waals surface area contributed by atoms with Crippen molar-refractivity contribution < 1.29 is 18.3 Å². The molecule has 1 aromatic carbocycles. The lowest BCUT2D eigenvalue weighted by Crippen LogP contribution is -2.52. The van der Waals surface area contributed by atoms with Crippen LogP contribution in [0.4, 0.5) is 19.3 Å². The highest BCUT2D eigenvalue weighted by atomic mass is 19.3. The van der Waals surface area contributed by atoms with E-state index in [1.54, 1.807) is 18.3 Å². The maximum atomic E-state index is 13.5. The Morgan fingerprint density at radius 1 is 1.20 bits per heavy atom. The first-order chi connectivity index (χ1) is 14.2. The minimum Gasteiger partial charge on any atom is -0.444 e. The molecule has 2 aliphatic rings. The lowest BCUT2D eigenvalue weighted by atomic mass is 9.89.